The van der Waals surface area contributed by atoms with Gasteiger partial charge in [0.2, 0.25) is 5.88 Å². The number of ether oxygens (including phenoxy) is 2. The predicted molar refractivity (Wildman–Crippen MR) is 92.9 cm³/mol. The van der Waals surface area contributed by atoms with Gasteiger partial charge in [-0.1, -0.05) is 0 Å². The molecule has 2 heterocycles. The van der Waals surface area contributed by atoms with Crippen LogP contribution in [0.1, 0.15) is 33.6 Å². The van der Waals surface area contributed by atoms with Crippen LogP contribution in [0.3, 0.4) is 0 Å². The van der Waals surface area contributed by atoms with Gasteiger partial charge < -0.3 is 19.7 Å². The molecule has 1 saturated heterocycles. The van der Waals surface area contributed by atoms with Gasteiger partial charge in [-0.3, -0.25) is 0 Å². The molecule has 1 aliphatic rings. The molecule has 1 aromatic rings. The Labute approximate surface area is 145 Å². The number of methoxy groups -OCH3 is 1. The van der Waals surface area contributed by atoms with Crippen LogP contribution < -0.4 is 10.1 Å². The van der Waals surface area contributed by atoms with E-state index in [1.165, 1.54) is 0 Å². The van der Waals surface area contributed by atoms with Gasteiger partial charge >= 0.3 is 6.09 Å². The highest BCUT2D eigenvalue weighted by Crippen LogP contribution is 2.27. The van der Waals surface area contributed by atoms with Gasteiger partial charge in [0.15, 0.2) is 0 Å². The maximum Gasteiger partial charge on any atom is 0.410 e. The zero-order chi connectivity index (χ0) is 17.0. The van der Waals surface area contributed by atoms with Gasteiger partial charge in [-0.25, -0.2) is 9.78 Å². The molecule has 1 unspecified atom stereocenters. The first-order chi connectivity index (χ1) is 10.8. The van der Waals surface area contributed by atoms with E-state index in [1.807, 2.05) is 26.8 Å². The molecule has 0 radical (unpaired) electrons. The Bertz CT molecular complexity index is 560. The van der Waals surface area contributed by atoms with Crippen LogP contribution in [0.5, 0.6) is 5.88 Å². The Morgan fingerprint density at radius 3 is 2.87 bits per heavy atom. The van der Waals surface area contributed by atoms with Crippen molar-refractivity contribution in [3.63, 3.8) is 0 Å². The van der Waals surface area contributed by atoms with Crippen LogP contribution in [0.2, 0.25) is 0 Å². The fourth-order valence-corrected chi connectivity index (χ4v) is 2.83. The summed E-state index contributed by atoms with van der Waals surface area (Å²) in [6.07, 6.45) is 3.34. The number of nitrogens with zero attached hydrogens (tertiary/aromatic N) is 2. The van der Waals surface area contributed by atoms with Crippen molar-refractivity contribution in [1.29, 1.82) is 0 Å². The summed E-state index contributed by atoms with van der Waals surface area (Å²) in [6, 6.07) is 2.07. The maximum atomic E-state index is 12.2. The van der Waals surface area contributed by atoms with E-state index in [0.717, 1.165) is 29.5 Å². The largest absolute Gasteiger partial charge is 0.480 e. The van der Waals surface area contributed by atoms with Crippen LogP contribution in [0.25, 0.3) is 0 Å². The summed E-state index contributed by atoms with van der Waals surface area (Å²) in [6.45, 7) is 6.96. The third-order valence-corrected chi connectivity index (χ3v) is 3.88. The number of hydrogen-bond acceptors (Lipinski definition) is 5. The molecule has 1 aromatic heterocycles. The second-order valence-electron chi connectivity index (χ2n) is 6.62. The molecule has 1 N–H and O–H groups in total. The molecule has 1 aliphatic heterocycles. The number of carbonyl (C=O) groups is 1. The Balaban J connectivity index is 2.02. The first kappa shape index (κ1) is 17.8. The van der Waals surface area contributed by atoms with Crippen molar-refractivity contribution in [3.05, 3.63) is 16.7 Å². The fraction of sp³-hybridized carbons (Fsp3) is 0.625. The van der Waals surface area contributed by atoms with Crippen molar-refractivity contribution in [2.45, 2.75) is 45.3 Å². The Kier molecular flexibility index (Phi) is 5.73. The zero-order valence-corrected chi connectivity index (χ0v) is 15.6. The van der Waals surface area contributed by atoms with Crippen molar-refractivity contribution >= 4 is 27.7 Å². The minimum Gasteiger partial charge on any atom is -0.480 e. The van der Waals surface area contributed by atoms with Crippen LogP contribution in [-0.4, -0.2) is 47.8 Å². The molecule has 128 valence electrons. The predicted octanol–water partition coefficient (Wildman–Crippen LogP) is 3.66. The van der Waals surface area contributed by atoms with Crippen molar-refractivity contribution in [2.24, 2.45) is 0 Å². The van der Waals surface area contributed by atoms with Crippen molar-refractivity contribution in [1.82, 2.24) is 9.88 Å². The van der Waals surface area contributed by atoms with Gasteiger partial charge in [0.25, 0.3) is 0 Å². The Morgan fingerprint density at radius 2 is 2.22 bits per heavy atom. The summed E-state index contributed by atoms with van der Waals surface area (Å²) in [5, 5.41) is 3.42. The molecule has 2 rings (SSSR count). The van der Waals surface area contributed by atoms with Gasteiger partial charge in [-0.2, -0.15) is 0 Å². The minimum atomic E-state index is -0.477. The number of amides is 1. The molecule has 1 atom stereocenters. The normalized spacial score (nSPS) is 18.5. The molecule has 0 saturated carbocycles. The van der Waals surface area contributed by atoms with E-state index in [9.17, 15) is 4.79 Å². The standard InChI is InChI=1S/C16H24BrN3O3/c1-16(2,3)23-15(21)20-7-5-6-12(10-20)19-13-8-11(17)9-18-14(13)22-4/h8-9,12,19H,5-7,10H2,1-4H3. The third kappa shape index (κ3) is 5.27. The van der Waals surface area contributed by atoms with Gasteiger partial charge in [-0.05, 0) is 55.6 Å². The van der Waals surface area contributed by atoms with Crippen LogP contribution in [0, 0.1) is 0 Å². The number of carbonyl (C=O) groups excluding carboxylic acids is 1. The summed E-state index contributed by atoms with van der Waals surface area (Å²) in [5.41, 5.74) is 0.340. The summed E-state index contributed by atoms with van der Waals surface area (Å²) in [4.78, 5) is 18.2. The number of aromatic nitrogens is 1. The monoisotopic (exact) mass is 385 g/mol. The number of anilines is 1. The first-order valence-electron chi connectivity index (χ1n) is 7.72. The lowest BCUT2D eigenvalue weighted by atomic mass is 10.1. The lowest BCUT2D eigenvalue weighted by molar-refractivity contribution is 0.0206. The SMILES string of the molecule is COc1ncc(Br)cc1NC1CCCN(C(=O)OC(C)(C)C)C1. The lowest BCUT2D eigenvalue weighted by Gasteiger charge is -2.34. The van der Waals surface area contributed by atoms with E-state index < -0.39 is 5.60 Å². The van der Waals surface area contributed by atoms with Crippen molar-refractivity contribution in [3.8, 4) is 5.88 Å². The topological polar surface area (TPSA) is 63.7 Å². The lowest BCUT2D eigenvalue weighted by Crippen LogP contribution is -2.47. The van der Waals surface area contributed by atoms with Crippen LogP contribution in [0.4, 0.5) is 10.5 Å². The van der Waals surface area contributed by atoms with E-state index in [2.05, 4.69) is 26.2 Å². The number of hydrogen-bond donors (Lipinski definition) is 1. The van der Waals surface area contributed by atoms with Crippen molar-refractivity contribution in [2.75, 3.05) is 25.5 Å². The van der Waals surface area contributed by atoms with E-state index in [4.69, 9.17) is 9.47 Å². The van der Waals surface area contributed by atoms with Gasteiger partial charge in [0.05, 0.1) is 12.8 Å². The number of nitrogens with one attached hydrogen (secondary N) is 1. The number of piperidine rings is 1. The number of likely N-dealkylation sites (tertiary alicyclic amines) is 1. The van der Waals surface area contributed by atoms with Gasteiger partial charge in [0.1, 0.15) is 5.60 Å². The smallest absolute Gasteiger partial charge is 0.410 e. The second kappa shape index (κ2) is 7.38. The third-order valence-electron chi connectivity index (χ3n) is 3.44. The molecule has 0 aliphatic carbocycles. The molecule has 0 bridgehead atoms. The number of rotatable bonds is 3. The molecule has 23 heavy (non-hydrogen) atoms. The van der Waals surface area contributed by atoms with Crippen LogP contribution in [-0.2, 0) is 4.74 Å². The average molecular weight is 386 g/mol. The highest BCUT2D eigenvalue weighted by Gasteiger charge is 2.28. The molecule has 1 fully saturated rings. The van der Waals surface area contributed by atoms with E-state index in [-0.39, 0.29) is 12.1 Å². The Hall–Kier alpha value is -1.50. The van der Waals surface area contributed by atoms with Gasteiger partial charge in [-0.15, -0.1) is 0 Å². The van der Waals surface area contributed by atoms with E-state index in [1.54, 1.807) is 18.2 Å². The summed E-state index contributed by atoms with van der Waals surface area (Å²) in [7, 11) is 1.59. The summed E-state index contributed by atoms with van der Waals surface area (Å²) < 4.78 is 11.6. The highest BCUT2D eigenvalue weighted by molar-refractivity contribution is 9.10. The van der Waals surface area contributed by atoms with Crippen LogP contribution >= 0.6 is 15.9 Å². The molecule has 0 aromatic carbocycles. The highest BCUT2D eigenvalue weighted by atomic mass is 79.9. The molecular weight excluding hydrogens is 362 g/mol. The molecular formula is C16H24BrN3O3. The minimum absolute atomic E-state index is 0.140. The summed E-state index contributed by atoms with van der Waals surface area (Å²) in [5.74, 6) is 0.544. The Morgan fingerprint density at radius 1 is 1.48 bits per heavy atom. The van der Waals surface area contributed by atoms with E-state index >= 15 is 0 Å². The average Bonchev–Trinajstić information content (AvgIpc) is 2.46. The first-order valence-corrected chi connectivity index (χ1v) is 8.52. The van der Waals surface area contributed by atoms with E-state index in [0.29, 0.717) is 12.4 Å². The molecule has 0 spiro atoms. The number of halogens is 1. The van der Waals surface area contributed by atoms with Crippen molar-refractivity contribution < 1.29 is 14.3 Å². The molecule has 6 nitrogen and oxygen atoms in total. The fourth-order valence-electron chi connectivity index (χ4n) is 2.50. The van der Waals surface area contributed by atoms with Crippen LogP contribution in [0.15, 0.2) is 16.7 Å². The zero-order valence-electron chi connectivity index (χ0n) is 14.1. The quantitative estimate of drug-likeness (QED) is 0.859. The number of pyridine rings is 1. The second-order valence-corrected chi connectivity index (χ2v) is 7.54. The molecule has 1 amide bonds. The maximum absolute atomic E-state index is 12.2. The molecule has 7 heteroatoms. The summed E-state index contributed by atoms with van der Waals surface area (Å²) >= 11 is 3.42. The van der Waals surface area contributed by atoms with Gasteiger partial charge in [0, 0.05) is 29.8 Å².